The van der Waals surface area contributed by atoms with E-state index in [0.29, 0.717) is 16.5 Å². The van der Waals surface area contributed by atoms with Crippen molar-refractivity contribution in [3.8, 4) is 0 Å². The zero-order valence-corrected chi connectivity index (χ0v) is 10.9. The molecule has 0 radical (unpaired) electrons. The molecule has 2 aromatic rings. The van der Waals surface area contributed by atoms with E-state index < -0.39 is 5.91 Å². The van der Waals surface area contributed by atoms with Crippen molar-refractivity contribution in [2.24, 2.45) is 0 Å². The van der Waals surface area contributed by atoms with Crippen LogP contribution in [0.25, 0.3) is 10.9 Å². The number of nitrogens with zero attached hydrogens (tertiary/aromatic N) is 2. The Morgan fingerprint density at radius 3 is 2.83 bits per heavy atom. The largest absolute Gasteiger partial charge is 0.347 e. The number of aromatic nitrogens is 1. The number of hydrogen-bond donors (Lipinski definition) is 1. The summed E-state index contributed by atoms with van der Waals surface area (Å²) >= 11 is 5.69. The van der Waals surface area contributed by atoms with E-state index in [-0.39, 0.29) is 0 Å². The van der Waals surface area contributed by atoms with Gasteiger partial charge in [-0.2, -0.15) is 0 Å². The summed E-state index contributed by atoms with van der Waals surface area (Å²) in [6.45, 7) is 0.756. The smallest absolute Gasteiger partial charge is 0.279 e. The minimum atomic E-state index is -0.407. The number of hydrogen-bond acceptors (Lipinski definition) is 2. The van der Waals surface area contributed by atoms with Gasteiger partial charge in [0.15, 0.2) is 0 Å². The number of carbonyl (C=O) groups excluding carboxylic acids is 1. The lowest BCUT2D eigenvalue weighted by Crippen LogP contribution is -2.22. The highest BCUT2D eigenvalue weighted by Gasteiger charge is 2.16. The Kier molecular flexibility index (Phi) is 3.89. The fourth-order valence-corrected chi connectivity index (χ4v) is 2.13. The molecule has 2 rings (SSSR count). The lowest BCUT2D eigenvalue weighted by molar-refractivity contribution is -0.0373. The molecule has 0 unspecified atom stereocenters. The normalized spacial score (nSPS) is 10.8. The van der Waals surface area contributed by atoms with Crippen molar-refractivity contribution >= 4 is 28.4 Å². The van der Waals surface area contributed by atoms with Crippen LogP contribution >= 0.6 is 11.6 Å². The second-order valence-corrected chi connectivity index (χ2v) is 4.50. The number of aryl methyl sites for hydroxylation is 1. The molecular weight excluding hydrogens is 252 g/mol. The second-order valence-electron chi connectivity index (χ2n) is 4.12. The van der Waals surface area contributed by atoms with Crippen LogP contribution in [-0.2, 0) is 6.54 Å². The quantitative estimate of drug-likeness (QED) is 0.525. The van der Waals surface area contributed by atoms with Gasteiger partial charge in [-0.3, -0.25) is 10.0 Å². The van der Waals surface area contributed by atoms with Crippen molar-refractivity contribution < 1.29 is 10.0 Å². The van der Waals surface area contributed by atoms with Gasteiger partial charge in [-0.15, -0.1) is 11.6 Å². The van der Waals surface area contributed by atoms with Gasteiger partial charge in [-0.25, -0.2) is 5.06 Å². The van der Waals surface area contributed by atoms with Crippen molar-refractivity contribution in [3.63, 3.8) is 0 Å². The van der Waals surface area contributed by atoms with Gasteiger partial charge in [0.25, 0.3) is 5.91 Å². The molecule has 1 heterocycles. The van der Waals surface area contributed by atoms with Crippen LogP contribution < -0.4 is 0 Å². The molecule has 96 valence electrons. The summed E-state index contributed by atoms with van der Waals surface area (Å²) in [5.41, 5.74) is 1.48. The zero-order chi connectivity index (χ0) is 13.1. The van der Waals surface area contributed by atoms with Gasteiger partial charge < -0.3 is 4.57 Å². The lowest BCUT2D eigenvalue weighted by Gasteiger charge is -2.06. The molecule has 0 saturated carbocycles. The van der Waals surface area contributed by atoms with Crippen LogP contribution in [0.1, 0.15) is 16.8 Å². The fraction of sp³-hybridized carbons (Fsp3) is 0.308. The maximum atomic E-state index is 11.9. The summed E-state index contributed by atoms with van der Waals surface area (Å²) in [5.74, 6) is 0.172. The highest BCUT2D eigenvalue weighted by molar-refractivity contribution is 6.17. The van der Waals surface area contributed by atoms with Crippen LogP contribution in [0.3, 0.4) is 0 Å². The molecule has 0 aliphatic rings. The van der Waals surface area contributed by atoms with Crippen molar-refractivity contribution in [2.75, 3.05) is 12.9 Å². The van der Waals surface area contributed by atoms with Crippen molar-refractivity contribution in [1.82, 2.24) is 9.63 Å². The molecule has 0 fully saturated rings. The van der Waals surface area contributed by atoms with E-state index in [0.717, 1.165) is 23.9 Å². The molecular formula is C13H15ClN2O2. The zero-order valence-electron chi connectivity index (χ0n) is 10.1. The third kappa shape index (κ3) is 2.35. The highest BCUT2D eigenvalue weighted by atomic mass is 35.5. The number of amides is 1. The fourth-order valence-electron chi connectivity index (χ4n) is 2.01. The third-order valence-electron chi connectivity index (χ3n) is 2.85. The monoisotopic (exact) mass is 266 g/mol. The minimum absolute atomic E-state index is 0.407. The van der Waals surface area contributed by atoms with Crippen LogP contribution in [0.5, 0.6) is 0 Å². The number of halogens is 1. The van der Waals surface area contributed by atoms with E-state index in [9.17, 15) is 10.0 Å². The summed E-state index contributed by atoms with van der Waals surface area (Å²) in [4.78, 5) is 11.9. The Morgan fingerprint density at radius 2 is 2.17 bits per heavy atom. The standard InChI is InChI=1S/C13H15ClN2O2/c1-15(18)13(17)11-9-16(8-4-7-14)12-6-3-2-5-10(11)12/h2-3,5-6,9,18H,4,7-8H2,1H3. The first kappa shape index (κ1) is 12.9. The van der Waals surface area contributed by atoms with Gasteiger partial charge in [0.1, 0.15) is 0 Å². The number of para-hydroxylation sites is 1. The second kappa shape index (κ2) is 5.42. The maximum Gasteiger partial charge on any atom is 0.279 e. The molecule has 0 aliphatic heterocycles. The first-order chi connectivity index (χ1) is 8.65. The maximum absolute atomic E-state index is 11.9. The predicted molar refractivity (Wildman–Crippen MR) is 71.2 cm³/mol. The third-order valence-corrected chi connectivity index (χ3v) is 3.11. The minimum Gasteiger partial charge on any atom is -0.347 e. The van der Waals surface area contributed by atoms with Crippen molar-refractivity contribution in [1.29, 1.82) is 0 Å². The molecule has 1 amide bonds. The molecule has 18 heavy (non-hydrogen) atoms. The predicted octanol–water partition coefficient (Wildman–Crippen LogP) is 2.73. The Labute approximate surface area is 110 Å². The van der Waals surface area contributed by atoms with E-state index >= 15 is 0 Å². The Morgan fingerprint density at radius 1 is 1.44 bits per heavy atom. The Bertz CT molecular complexity index is 563. The average Bonchev–Trinajstić information content (AvgIpc) is 2.74. The Balaban J connectivity index is 2.50. The molecule has 0 saturated heterocycles. The number of hydroxylamine groups is 2. The molecule has 1 aromatic carbocycles. The van der Waals surface area contributed by atoms with E-state index in [1.807, 2.05) is 28.8 Å². The number of carbonyl (C=O) groups is 1. The summed E-state index contributed by atoms with van der Waals surface area (Å²) in [5, 5.41) is 10.7. The molecule has 0 spiro atoms. The van der Waals surface area contributed by atoms with E-state index in [1.165, 1.54) is 7.05 Å². The Hall–Kier alpha value is -1.52. The summed E-state index contributed by atoms with van der Waals surface area (Å²) in [7, 11) is 1.33. The number of fused-ring (bicyclic) bond motifs is 1. The summed E-state index contributed by atoms with van der Waals surface area (Å²) in [6, 6.07) is 7.64. The summed E-state index contributed by atoms with van der Waals surface area (Å²) < 4.78 is 1.99. The van der Waals surface area contributed by atoms with Crippen LogP contribution in [0.2, 0.25) is 0 Å². The lowest BCUT2D eigenvalue weighted by atomic mass is 10.1. The number of benzene rings is 1. The number of rotatable bonds is 4. The van der Waals surface area contributed by atoms with Gasteiger partial charge in [0, 0.05) is 36.6 Å². The first-order valence-electron chi connectivity index (χ1n) is 5.76. The molecule has 1 aromatic heterocycles. The van der Waals surface area contributed by atoms with Gasteiger partial charge in [-0.05, 0) is 12.5 Å². The van der Waals surface area contributed by atoms with E-state index in [2.05, 4.69) is 0 Å². The number of alkyl halides is 1. The van der Waals surface area contributed by atoms with Crippen LogP contribution in [0.15, 0.2) is 30.5 Å². The van der Waals surface area contributed by atoms with Crippen LogP contribution in [0, 0.1) is 0 Å². The topological polar surface area (TPSA) is 45.5 Å². The molecule has 1 N–H and O–H groups in total. The summed E-state index contributed by atoms with van der Waals surface area (Å²) in [6.07, 6.45) is 2.61. The van der Waals surface area contributed by atoms with Gasteiger partial charge in [-0.1, -0.05) is 18.2 Å². The SMILES string of the molecule is CN(O)C(=O)c1cn(CCCCl)c2ccccc12. The van der Waals surface area contributed by atoms with Gasteiger partial charge in [0.2, 0.25) is 0 Å². The van der Waals surface area contributed by atoms with E-state index in [4.69, 9.17) is 11.6 Å². The molecule has 0 atom stereocenters. The van der Waals surface area contributed by atoms with Crippen molar-refractivity contribution in [3.05, 3.63) is 36.0 Å². The van der Waals surface area contributed by atoms with Crippen LogP contribution in [0.4, 0.5) is 0 Å². The molecule has 0 aliphatic carbocycles. The molecule has 5 heteroatoms. The van der Waals surface area contributed by atoms with Crippen LogP contribution in [-0.4, -0.2) is 33.7 Å². The van der Waals surface area contributed by atoms with Gasteiger partial charge in [0.05, 0.1) is 5.56 Å². The molecule has 0 bridgehead atoms. The van der Waals surface area contributed by atoms with Gasteiger partial charge >= 0.3 is 0 Å². The average molecular weight is 267 g/mol. The highest BCUT2D eigenvalue weighted by Crippen LogP contribution is 2.22. The van der Waals surface area contributed by atoms with E-state index in [1.54, 1.807) is 6.20 Å². The molecule has 4 nitrogen and oxygen atoms in total. The van der Waals surface area contributed by atoms with Crippen molar-refractivity contribution in [2.45, 2.75) is 13.0 Å². The first-order valence-corrected chi connectivity index (χ1v) is 6.29.